The number of hydrogen-bond acceptors (Lipinski definition) is 4. The van der Waals surface area contributed by atoms with E-state index < -0.39 is 0 Å². The number of esters is 1. The molecule has 0 unspecified atom stereocenters. The molecule has 88 valence electrons. The van der Waals surface area contributed by atoms with Crippen LogP contribution >= 0.6 is 27.3 Å². The van der Waals surface area contributed by atoms with Gasteiger partial charge in [0.05, 0.1) is 13.3 Å². The van der Waals surface area contributed by atoms with Gasteiger partial charge < -0.3 is 4.74 Å². The first-order valence-corrected chi connectivity index (χ1v) is 6.53. The number of aromatic nitrogens is 1. The molecule has 3 nitrogen and oxygen atoms in total. The van der Waals surface area contributed by atoms with Crippen molar-refractivity contribution in [1.29, 1.82) is 0 Å². The fourth-order valence-corrected chi connectivity index (χ4v) is 3.07. The molecule has 5 heteroatoms. The monoisotopic (exact) mass is 311 g/mol. The number of carbonyl (C=O) groups is 1. The highest BCUT2D eigenvalue weighted by molar-refractivity contribution is 9.10. The molecule has 0 aliphatic carbocycles. The van der Waals surface area contributed by atoms with Crippen molar-refractivity contribution in [1.82, 2.24) is 4.98 Å². The van der Waals surface area contributed by atoms with E-state index in [-0.39, 0.29) is 5.97 Å². The van der Waals surface area contributed by atoms with Crippen LogP contribution in [0.4, 0.5) is 0 Å². The van der Waals surface area contributed by atoms with E-state index in [1.165, 1.54) is 30.2 Å². The Labute approximate surface area is 112 Å². The summed E-state index contributed by atoms with van der Waals surface area (Å²) in [6.07, 6.45) is 1.54. The third-order valence-corrected chi connectivity index (χ3v) is 3.91. The highest BCUT2D eigenvalue weighted by Crippen LogP contribution is 2.32. The lowest BCUT2D eigenvalue weighted by atomic mass is 10.2. The second kappa shape index (κ2) is 4.98. The highest BCUT2D eigenvalue weighted by Gasteiger charge is 2.13. The Balaban J connectivity index is 2.40. The van der Waals surface area contributed by atoms with Crippen molar-refractivity contribution < 1.29 is 9.53 Å². The molecule has 0 bridgehead atoms. The zero-order valence-corrected chi connectivity index (χ0v) is 11.8. The van der Waals surface area contributed by atoms with Gasteiger partial charge in [-0.15, -0.1) is 11.3 Å². The highest BCUT2D eigenvalue weighted by atomic mass is 79.9. The summed E-state index contributed by atoms with van der Waals surface area (Å²) in [6.45, 7) is 2.02. The van der Waals surface area contributed by atoms with Crippen LogP contribution in [0.15, 0.2) is 28.9 Å². The summed E-state index contributed by atoms with van der Waals surface area (Å²) < 4.78 is 5.63. The molecule has 0 aliphatic rings. The maximum atomic E-state index is 11.3. The van der Waals surface area contributed by atoms with Crippen molar-refractivity contribution in [2.75, 3.05) is 7.11 Å². The van der Waals surface area contributed by atoms with Crippen molar-refractivity contribution in [2.24, 2.45) is 0 Å². The first kappa shape index (κ1) is 12.3. The fraction of sp³-hybridized carbons (Fsp3) is 0.167. The van der Waals surface area contributed by atoms with Gasteiger partial charge >= 0.3 is 5.97 Å². The van der Waals surface area contributed by atoms with Crippen molar-refractivity contribution in [2.45, 2.75) is 6.92 Å². The van der Waals surface area contributed by atoms with E-state index in [1.807, 2.05) is 25.1 Å². The van der Waals surface area contributed by atoms with Crippen LogP contribution in [-0.4, -0.2) is 18.1 Å². The van der Waals surface area contributed by atoms with Crippen molar-refractivity contribution in [3.63, 3.8) is 0 Å². The van der Waals surface area contributed by atoms with E-state index in [0.29, 0.717) is 4.88 Å². The summed E-state index contributed by atoms with van der Waals surface area (Å²) in [5, 5.41) is 0.803. The van der Waals surface area contributed by atoms with Crippen molar-refractivity contribution in [3.05, 3.63) is 39.3 Å². The Morgan fingerprint density at radius 3 is 2.88 bits per heavy atom. The number of methoxy groups -OCH3 is 1. The Bertz CT molecular complexity index is 565. The third kappa shape index (κ3) is 2.56. The Morgan fingerprint density at radius 2 is 2.24 bits per heavy atom. The topological polar surface area (TPSA) is 39.2 Å². The van der Waals surface area contributed by atoms with Crippen LogP contribution in [-0.2, 0) is 4.74 Å². The summed E-state index contributed by atoms with van der Waals surface area (Å²) >= 11 is 4.82. The van der Waals surface area contributed by atoms with Crippen LogP contribution in [0, 0.1) is 6.92 Å². The average molecular weight is 312 g/mol. The number of rotatable bonds is 2. The van der Waals surface area contributed by atoms with E-state index >= 15 is 0 Å². The average Bonchev–Trinajstić information content (AvgIpc) is 2.77. The molecule has 2 aromatic rings. The molecule has 1 aromatic heterocycles. The second-order valence-electron chi connectivity index (χ2n) is 3.50. The lowest BCUT2D eigenvalue weighted by Crippen LogP contribution is -1.96. The SMILES string of the molecule is COC(=O)c1cnc(-c2ccc(C)cc2Br)s1. The van der Waals surface area contributed by atoms with Crippen LogP contribution in [0.2, 0.25) is 0 Å². The first-order chi connectivity index (χ1) is 8.11. The summed E-state index contributed by atoms with van der Waals surface area (Å²) in [4.78, 5) is 16.1. The number of aryl methyl sites for hydroxylation is 1. The van der Waals surface area contributed by atoms with E-state index in [0.717, 1.165) is 15.0 Å². The van der Waals surface area contributed by atoms with Gasteiger partial charge in [-0.2, -0.15) is 0 Å². The van der Waals surface area contributed by atoms with E-state index in [2.05, 4.69) is 25.7 Å². The number of halogens is 1. The quantitative estimate of drug-likeness (QED) is 0.794. The predicted molar refractivity (Wildman–Crippen MR) is 71.3 cm³/mol. The number of benzene rings is 1. The molecule has 17 heavy (non-hydrogen) atoms. The summed E-state index contributed by atoms with van der Waals surface area (Å²) in [5.74, 6) is -0.350. The molecule has 1 aromatic carbocycles. The van der Waals surface area contributed by atoms with Gasteiger partial charge in [0.15, 0.2) is 0 Å². The van der Waals surface area contributed by atoms with Gasteiger partial charge in [-0.25, -0.2) is 9.78 Å². The minimum atomic E-state index is -0.350. The minimum Gasteiger partial charge on any atom is -0.465 e. The Hall–Kier alpha value is -1.20. The molecule has 0 radical (unpaired) electrons. The molecule has 0 N–H and O–H groups in total. The standard InChI is InChI=1S/C12H10BrNO2S/c1-7-3-4-8(9(13)5-7)11-14-6-10(17-11)12(15)16-2/h3-6H,1-2H3. The zero-order chi connectivity index (χ0) is 12.4. The normalized spacial score (nSPS) is 10.3. The molecule has 0 fully saturated rings. The van der Waals surface area contributed by atoms with Gasteiger partial charge in [0.1, 0.15) is 9.88 Å². The fourth-order valence-electron chi connectivity index (χ4n) is 1.39. The largest absolute Gasteiger partial charge is 0.465 e. The molecule has 0 saturated heterocycles. The van der Waals surface area contributed by atoms with Crippen LogP contribution in [0.3, 0.4) is 0 Å². The van der Waals surface area contributed by atoms with Gasteiger partial charge in [0.25, 0.3) is 0 Å². The van der Waals surface area contributed by atoms with Gasteiger partial charge in [-0.1, -0.05) is 28.1 Å². The smallest absolute Gasteiger partial charge is 0.349 e. The summed E-state index contributed by atoms with van der Waals surface area (Å²) in [6, 6.07) is 6.02. The molecule has 0 spiro atoms. The maximum Gasteiger partial charge on any atom is 0.349 e. The lowest BCUT2D eigenvalue weighted by Gasteiger charge is -2.01. The van der Waals surface area contributed by atoms with Gasteiger partial charge in [-0.05, 0) is 18.6 Å². The second-order valence-corrected chi connectivity index (χ2v) is 5.39. The first-order valence-electron chi connectivity index (χ1n) is 4.92. The third-order valence-electron chi connectivity index (χ3n) is 2.25. The number of ether oxygens (including phenoxy) is 1. The molecule has 2 rings (SSSR count). The van der Waals surface area contributed by atoms with Gasteiger partial charge in [-0.3, -0.25) is 0 Å². The number of hydrogen-bond donors (Lipinski definition) is 0. The van der Waals surface area contributed by atoms with Gasteiger partial charge in [0, 0.05) is 10.0 Å². The van der Waals surface area contributed by atoms with Crippen molar-refractivity contribution >= 4 is 33.2 Å². The number of nitrogens with zero attached hydrogens (tertiary/aromatic N) is 1. The minimum absolute atomic E-state index is 0.350. The summed E-state index contributed by atoms with van der Waals surface area (Å²) in [5.41, 5.74) is 2.15. The number of carbonyl (C=O) groups excluding carboxylic acids is 1. The molecular weight excluding hydrogens is 302 g/mol. The Morgan fingerprint density at radius 1 is 1.47 bits per heavy atom. The predicted octanol–water partition coefficient (Wildman–Crippen LogP) is 3.67. The zero-order valence-electron chi connectivity index (χ0n) is 9.36. The molecule has 0 aliphatic heterocycles. The molecule has 0 saturated carbocycles. The van der Waals surface area contributed by atoms with Crippen LogP contribution in [0.25, 0.3) is 10.6 Å². The van der Waals surface area contributed by atoms with E-state index in [9.17, 15) is 4.79 Å². The van der Waals surface area contributed by atoms with Crippen LogP contribution in [0.5, 0.6) is 0 Å². The van der Waals surface area contributed by atoms with Crippen molar-refractivity contribution in [3.8, 4) is 10.6 Å². The molecule has 0 amide bonds. The van der Waals surface area contributed by atoms with Gasteiger partial charge in [0.2, 0.25) is 0 Å². The van der Waals surface area contributed by atoms with Crippen LogP contribution < -0.4 is 0 Å². The Kier molecular flexibility index (Phi) is 3.59. The molecular formula is C12H10BrNO2S. The van der Waals surface area contributed by atoms with E-state index in [4.69, 9.17) is 0 Å². The molecule has 0 atom stereocenters. The summed E-state index contributed by atoms with van der Waals surface area (Å²) in [7, 11) is 1.36. The maximum absolute atomic E-state index is 11.3. The molecule has 1 heterocycles. The number of thiazole rings is 1. The van der Waals surface area contributed by atoms with E-state index in [1.54, 1.807) is 0 Å². The van der Waals surface area contributed by atoms with Crippen LogP contribution in [0.1, 0.15) is 15.2 Å². The lowest BCUT2D eigenvalue weighted by molar-refractivity contribution is 0.0606.